The molecule has 6 nitrogen and oxygen atoms in total. The van der Waals surface area contributed by atoms with Crippen LogP contribution in [0.3, 0.4) is 0 Å². The second-order valence-corrected chi connectivity index (χ2v) is 6.36. The van der Waals surface area contributed by atoms with Crippen LogP contribution >= 0.6 is 11.3 Å². The van der Waals surface area contributed by atoms with Gasteiger partial charge in [-0.25, -0.2) is 4.98 Å². The number of nitro benzene ring substituents is 1. The number of aromatic nitrogens is 1. The summed E-state index contributed by atoms with van der Waals surface area (Å²) in [7, 11) is 0. The Labute approximate surface area is 132 Å². The van der Waals surface area contributed by atoms with Gasteiger partial charge in [0.05, 0.1) is 10.6 Å². The highest BCUT2D eigenvalue weighted by Crippen LogP contribution is 2.26. The topological polar surface area (TPSA) is 85.1 Å². The minimum Gasteiger partial charge on any atom is -0.302 e. The highest BCUT2D eigenvalue weighted by atomic mass is 32.1. The number of amides is 1. The number of non-ortho nitro benzene ring substituents is 1. The van der Waals surface area contributed by atoms with Crippen LogP contribution < -0.4 is 5.32 Å². The summed E-state index contributed by atoms with van der Waals surface area (Å²) in [4.78, 5) is 27.3. The van der Waals surface area contributed by atoms with E-state index in [1.807, 2.05) is 20.8 Å². The van der Waals surface area contributed by atoms with Gasteiger partial charge in [-0.05, 0) is 12.5 Å². The second kappa shape index (κ2) is 6.65. The van der Waals surface area contributed by atoms with Gasteiger partial charge in [0.1, 0.15) is 0 Å². The van der Waals surface area contributed by atoms with E-state index in [1.54, 1.807) is 12.1 Å². The molecule has 116 valence electrons. The first-order valence-electron chi connectivity index (χ1n) is 6.87. The molecule has 0 saturated heterocycles. The number of hydrogen-bond donors (Lipinski definition) is 1. The van der Waals surface area contributed by atoms with Crippen LogP contribution in [0.25, 0.3) is 0 Å². The number of benzene rings is 1. The van der Waals surface area contributed by atoms with Crippen LogP contribution in [0.1, 0.15) is 30.0 Å². The van der Waals surface area contributed by atoms with E-state index < -0.39 is 4.92 Å². The van der Waals surface area contributed by atoms with Crippen LogP contribution in [-0.4, -0.2) is 15.8 Å². The van der Waals surface area contributed by atoms with Gasteiger partial charge in [-0.3, -0.25) is 14.9 Å². The summed E-state index contributed by atoms with van der Waals surface area (Å²) in [5.74, 6) is -0.155. The third kappa shape index (κ3) is 3.88. The third-order valence-corrected chi connectivity index (χ3v) is 4.23. The van der Waals surface area contributed by atoms with Gasteiger partial charge in [-0.2, -0.15) is 0 Å². The Hall–Kier alpha value is -2.28. The first-order chi connectivity index (χ1) is 10.4. The van der Waals surface area contributed by atoms with Crippen molar-refractivity contribution in [3.05, 3.63) is 50.5 Å². The van der Waals surface area contributed by atoms with Gasteiger partial charge in [0.2, 0.25) is 5.91 Å². The van der Waals surface area contributed by atoms with Gasteiger partial charge in [0.25, 0.3) is 5.69 Å². The minimum atomic E-state index is -0.415. The Morgan fingerprint density at radius 3 is 2.55 bits per heavy atom. The van der Waals surface area contributed by atoms with Gasteiger partial charge in [0, 0.05) is 29.3 Å². The maximum Gasteiger partial charge on any atom is 0.269 e. The van der Waals surface area contributed by atoms with E-state index in [0.717, 1.165) is 16.1 Å². The number of hydrogen-bond acceptors (Lipinski definition) is 5. The fourth-order valence-corrected chi connectivity index (χ4v) is 2.82. The molecule has 1 aromatic heterocycles. The zero-order valence-corrected chi connectivity index (χ0v) is 13.4. The van der Waals surface area contributed by atoms with Crippen molar-refractivity contribution < 1.29 is 9.72 Å². The van der Waals surface area contributed by atoms with Gasteiger partial charge in [-0.15, -0.1) is 11.3 Å². The normalized spacial score (nSPS) is 10.7. The van der Waals surface area contributed by atoms with Gasteiger partial charge in [-0.1, -0.05) is 26.0 Å². The molecule has 1 aromatic carbocycles. The highest BCUT2D eigenvalue weighted by Gasteiger charge is 2.13. The quantitative estimate of drug-likeness (QED) is 0.674. The van der Waals surface area contributed by atoms with Crippen molar-refractivity contribution in [1.82, 2.24) is 4.98 Å². The lowest BCUT2D eigenvalue weighted by Gasteiger charge is -2.03. The van der Waals surface area contributed by atoms with Gasteiger partial charge in [0.15, 0.2) is 5.13 Å². The lowest BCUT2D eigenvalue weighted by atomic mass is 10.1. The van der Waals surface area contributed by atoms with Crippen molar-refractivity contribution in [3.63, 3.8) is 0 Å². The summed E-state index contributed by atoms with van der Waals surface area (Å²) in [6.07, 6.45) is 0.638. The number of anilines is 1. The standard InChI is InChI=1S/C15H17N3O3S/c1-9(2)14(19)17-15-16-10(3)13(22-15)8-11-4-6-12(7-5-11)18(20)21/h4-7,9H,8H2,1-3H3,(H,16,17,19). The predicted octanol–water partition coefficient (Wildman–Crippen LogP) is 3.55. The Bertz CT molecular complexity index is 693. The molecule has 0 aliphatic carbocycles. The number of thiazole rings is 1. The number of carbonyl (C=O) groups excluding carboxylic acids is 1. The Morgan fingerprint density at radius 1 is 1.36 bits per heavy atom. The molecule has 0 aliphatic heterocycles. The van der Waals surface area contributed by atoms with E-state index >= 15 is 0 Å². The highest BCUT2D eigenvalue weighted by molar-refractivity contribution is 7.15. The van der Waals surface area contributed by atoms with E-state index in [4.69, 9.17) is 0 Å². The van der Waals surface area contributed by atoms with Crippen molar-refractivity contribution >= 4 is 28.1 Å². The van der Waals surface area contributed by atoms with E-state index in [9.17, 15) is 14.9 Å². The number of nitrogens with zero attached hydrogens (tertiary/aromatic N) is 2. The van der Waals surface area contributed by atoms with E-state index in [1.165, 1.54) is 23.5 Å². The molecule has 1 amide bonds. The van der Waals surface area contributed by atoms with E-state index in [-0.39, 0.29) is 17.5 Å². The Morgan fingerprint density at radius 2 is 2.00 bits per heavy atom. The van der Waals surface area contributed by atoms with Crippen LogP contribution in [0.4, 0.5) is 10.8 Å². The summed E-state index contributed by atoms with van der Waals surface area (Å²) in [5.41, 5.74) is 1.91. The lowest BCUT2D eigenvalue weighted by Crippen LogP contribution is -2.17. The van der Waals surface area contributed by atoms with Crippen molar-refractivity contribution in [1.29, 1.82) is 0 Å². The molecule has 0 radical (unpaired) electrons. The zero-order chi connectivity index (χ0) is 16.3. The molecular weight excluding hydrogens is 302 g/mol. The maximum atomic E-state index is 11.7. The molecule has 0 fully saturated rings. The molecule has 0 bridgehead atoms. The van der Waals surface area contributed by atoms with Crippen LogP contribution in [0.15, 0.2) is 24.3 Å². The van der Waals surface area contributed by atoms with Crippen molar-refractivity contribution in [2.45, 2.75) is 27.2 Å². The molecule has 2 rings (SSSR count). The molecule has 0 spiro atoms. The maximum absolute atomic E-state index is 11.7. The number of nitrogens with one attached hydrogen (secondary N) is 1. The van der Waals surface area contributed by atoms with Gasteiger partial charge < -0.3 is 5.32 Å². The number of nitro groups is 1. The monoisotopic (exact) mass is 319 g/mol. The predicted molar refractivity (Wildman–Crippen MR) is 86.2 cm³/mol. The SMILES string of the molecule is Cc1nc(NC(=O)C(C)C)sc1Cc1ccc([N+](=O)[O-])cc1. The Balaban J connectivity index is 2.11. The summed E-state index contributed by atoms with van der Waals surface area (Å²) >= 11 is 1.43. The van der Waals surface area contributed by atoms with E-state index in [0.29, 0.717) is 11.6 Å². The average molecular weight is 319 g/mol. The summed E-state index contributed by atoms with van der Waals surface area (Å²) in [6, 6.07) is 6.47. The molecule has 1 heterocycles. The first kappa shape index (κ1) is 16.1. The van der Waals surface area contributed by atoms with Crippen LogP contribution in [0.5, 0.6) is 0 Å². The number of aryl methyl sites for hydroxylation is 1. The molecule has 0 saturated carbocycles. The van der Waals surface area contributed by atoms with Crippen molar-refractivity contribution in [2.75, 3.05) is 5.32 Å². The molecule has 7 heteroatoms. The summed E-state index contributed by atoms with van der Waals surface area (Å²) in [6.45, 7) is 5.55. The minimum absolute atomic E-state index is 0.0596. The van der Waals surface area contributed by atoms with Crippen LogP contribution in [0.2, 0.25) is 0 Å². The lowest BCUT2D eigenvalue weighted by molar-refractivity contribution is -0.384. The van der Waals surface area contributed by atoms with Crippen molar-refractivity contribution in [3.8, 4) is 0 Å². The van der Waals surface area contributed by atoms with E-state index in [2.05, 4.69) is 10.3 Å². The summed E-state index contributed by atoms with van der Waals surface area (Å²) < 4.78 is 0. The Kier molecular flexibility index (Phi) is 4.87. The van der Waals surface area contributed by atoms with Crippen LogP contribution in [-0.2, 0) is 11.2 Å². The zero-order valence-electron chi connectivity index (χ0n) is 12.6. The molecule has 22 heavy (non-hydrogen) atoms. The fraction of sp³-hybridized carbons (Fsp3) is 0.333. The largest absolute Gasteiger partial charge is 0.302 e. The molecule has 0 unspecified atom stereocenters. The number of rotatable bonds is 5. The number of carbonyl (C=O) groups is 1. The fourth-order valence-electron chi connectivity index (χ4n) is 1.82. The molecule has 0 aliphatic rings. The molecular formula is C15H17N3O3S. The third-order valence-electron chi connectivity index (χ3n) is 3.16. The first-order valence-corrected chi connectivity index (χ1v) is 7.69. The second-order valence-electron chi connectivity index (χ2n) is 5.27. The van der Waals surface area contributed by atoms with Crippen molar-refractivity contribution in [2.24, 2.45) is 5.92 Å². The smallest absolute Gasteiger partial charge is 0.269 e. The molecule has 0 atom stereocenters. The van der Waals surface area contributed by atoms with Gasteiger partial charge >= 0.3 is 0 Å². The molecule has 2 aromatic rings. The van der Waals surface area contributed by atoms with Crippen LogP contribution in [0, 0.1) is 23.0 Å². The average Bonchev–Trinajstić information content (AvgIpc) is 2.79. The summed E-state index contributed by atoms with van der Waals surface area (Å²) in [5, 5.41) is 14.0. The molecule has 1 N–H and O–H groups in total.